The Balaban J connectivity index is 0.00000200. The fourth-order valence-electron chi connectivity index (χ4n) is 1.81. The third-order valence-electron chi connectivity index (χ3n) is 2.81. The van der Waals surface area contributed by atoms with E-state index in [0.717, 1.165) is 24.4 Å². The summed E-state index contributed by atoms with van der Waals surface area (Å²) in [6.07, 6.45) is 0.564. The highest BCUT2D eigenvalue weighted by atomic mass is 35.5. The minimum absolute atomic E-state index is 0. The van der Waals surface area contributed by atoms with Gasteiger partial charge < -0.3 is 20.1 Å². The zero-order chi connectivity index (χ0) is 13.5. The summed E-state index contributed by atoms with van der Waals surface area (Å²) in [6.45, 7) is 4.69. The number of benzene rings is 1. The number of anilines is 1. The Morgan fingerprint density at radius 3 is 2.80 bits per heavy atom. The van der Waals surface area contributed by atoms with E-state index in [4.69, 9.17) is 9.47 Å². The first kappa shape index (κ1) is 16.8. The highest BCUT2D eigenvalue weighted by Crippen LogP contribution is 2.16. The van der Waals surface area contributed by atoms with E-state index >= 15 is 0 Å². The van der Waals surface area contributed by atoms with E-state index in [1.165, 1.54) is 0 Å². The number of ether oxygens (including phenoxy) is 2. The lowest BCUT2D eigenvalue weighted by molar-refractivity contribution is -0.128. The molecule has 2 N–H and O–H groups in total. The molecule has 2 rings (SSSR count). The molecular weight excluding hydrogens is 280 g/mol. The van der Waals surface area contributed by atoms with Gasteiger partial charge in [0.2, 0.25) is 0 Å². The maximum atomic E-state index is 11.9. The molecule has 1 atom stereocenters. The molecule has 6 heteroatoms. The highest BCUT2D eigenvalue weighted by molar-refractivity contribution is 5.94. The summed E-state index contributed by atoms with van der Waals surface area (Å²) in [6, 6.07) is 7.37. The highest BCUT2D eigenvalue weighted by Gasteiger charge is 2.21. The molecule has 1 amide bonds. The van der Waals surface area contributed by atoms with Gasteiger partial charge in [0.25, 0.3) is 5.91 Å². The summed E-state index contributed by atoms with van der Waals surface area (Å²) >= 11 is 0. The predicted octanol–water partition coefficient (Wildman–Crippen LogP) is 1.82. The van der Waals surface area contributed by atoms with Gasteiger partial charge in [-0.25, -0.2) is 0 Å². The smallest absolute Gasteiger partial charge is 0.254 e. The van der Waals surface area contributed by atoms with Crippen LogP contribution in [0.1, 0.15) is 13.3 Å². The first-order valence-corrected chi connectivity index (χ1v) is 6.65. The maximum absolute atomic E-state index is 11.9. The van der Waals surface area contributed by atoms with Crippen LogP contribution < -0.4 is 15.4 Å². The molecule has 1 aliphatic rings. The van der Waals surface area contributed by atoms with Crippen molar-refractivity contribution in [2.75, 3.05) is 31.6 Å². The molecule has 1 aliphatic heterocycles. The first-order chi connectivity index (χ1) is 9.29. The average molecular weight is 301 g/mol. The van der Waals surface area contributed by atoms with Gasteiger partial charge in [0.1, 0.15) is 11.9 Å². The van der Waals surface area contributed by atoms with Crippen LogP contribution in [0.3, 0.4) is 0 Å². The van der Waals surface area contributed by atoms with Crippen LogP contribution in [-0.2, 0) is 9.53 Å². The Bertz CT molecular complexity index is 405. The Kier molecular flexibility index (Phi) is 7.36. The molecule has 1 fully saturated rings. The van der Waals surface area contributed by atoms with Crippen LogP contribution in [0.4, 0.5) is 5.69 Å². The van der Waals surface area contributed by atoms with E-state index in [-0.39, 0.29) is 18.3 Å². The van der Waals surface area contributed by atoms with Crippen LogP contribution >= 0.6 is 12.4 Å². The molecule has 5 nitrogen and oxygen atoms in total. The van der Waals surface area contributed by atoms with Gasteiger partial charge in [0.15, 0.2) is 0 Å². The van der Waals surface area contributed by atoms with Gasteiger partial charge in [-0.2, -0.15) is 0 Å². The fourth-order valence-corrected chi connectivity index (χ4v) is 1.81. The summed E-state index contributed by atoms with van der Waals surface area (Å²) in [7, 11) is 0. The fraction of sp³-hybridized carbons (Fsp3) is 0.500. The molecule has 20 heavy (non-hydrogen) atoms. The summed E-state index contributed by atoms with van der Waals surface area (Å²) in [4.78, 5) is 11.9. The lowest BCUT2D eigenvalue weighted by atomic mass is 10.2. The molecule has 0 aliphatic carbocycles. The lowest BCUT2D eigenvalue weighted by Crippen LogP contribution is -2.45. The second-order valence-electron chi connectivity index (χ2n) is 4.43. The van der Waals surface area contributed by atoms with Crippen LogP contribution in [0.15, 0.2) is 24.3 Å². The largest absolute Gasteiger partial charge is 0.494 e. The van der Waals surface area contributed by atoms with Crippen LogP contribution in [0.25, 0.3) is 0 Å². The van der Waals surface area contributed by atoms with Crippen LogP contribution in [0.2, 0.25) is 0 Å². The molecule has 1 unspecified atom stereocenters. The molecule has 112 valence electrons. The number of hydrogen-bond acceptors (Lipinski definition) is 4. The van der Waals surface area contributed by atoms with E-state index in [1.807, 2.05) is 24.3 Å². The first-order valence-electron chi connectivity index (χ1n) is 6.65. The van der Waals surface area contributed by atoms with Crippen molar-refractivity contribution in [1.29, 1.82) is 0 Å². The summed E-state index contributed by atoms with van der Waals surface area (Å²) in [5.41, 5.74) is 0.753. The van der Waals surface area contributed by atoms with Crippen molar-refractivity contribution in [2.24, 2.45) is 0 Å². The number of nitrogens with one attached hydrogen (secondary N) is 2. The van der Waals surface area contributed by atoms with Crippen LogP contribution in [0, 0.1) is 0 Å². The number of rotatable bonds is 5. The van der Waals surface area contributed by atoms with E-state index in [0.29, 0.717) is 19.8 Å². The molecule has 0 aromatic heterocycles. The quantitative estimate of drug-likeness (QED) is 0.871. The van der Waals surface area contributed by atoms with E-state index in [1.54, 1.807) is 0 Å². The molecule has 1 saturated heterocycles. The average Bonchev–Trinajstić information content (AvgIpc) is 2.47. The van der Waals surface area contributed by atoms with Gasteiger partial charge in [-0.3, -0.25) is 4.79 Å². The van der Waals surface area contributed by atoms with E-state index < -0.39 is 6.10 Å². The molecule has 1 aromatic carbocycles. The normalized spacial score (nSPS) is 17.9. The monoisotopic (exact) mass is 300 g/mol. The van der Waals surface area contributed by atoms with Crippen molar-refractivity contribution in [3.05, 3.63) is 24.3 Å². The summed E-state index contributed by atoms with van der Waals surface area (Å²) < 4.78 is 10.9. The van der Waals surface area contributed by atoms with Crippen molar-refractivity contribution in [2.45, 2.75) is 19.4 Å². The molecule has 0 bridgehead atoms. The van der Waals surface area contributed by atoms with E-state index in [2.05, 4.69) is 17.6 Å². The molecule has 0 spiro atoms. The molecular formula is C14H21ClN2O3. The Hall–Kier alpha value is -1.30. The number of carbonyl (C=O) groups excluding carboxylic acids is 1. The van der Waals surface area contributed by atoms with E-state index in [9.17, 15) is 4.79 Å². The molecule has 0 radical (unpaired) electrons. The van der Waals surface area contributed by atoms with Gasteiger partial charge in [0.05, 0.1) is 13.2 Å². The van der Waals surface area contributed by atoms with Crippen LogP contribution in [0.5, 0.6) is 5.75 Å². The van der Waals surface area contributed by atoms with Crippen molar-refractivity contribution in [3.8, 4) is 5.75 Å². The third-order valence-corrected chi connectivity index (χ3v) is 2.81. The third kappa shape index (κ3) is 5.00. The summed E-state index contributed by atoms with van der Waals surface area (Å²) in [5, 5.41) is 5.96. The minimum atomic E-state index is -0.412. The Labute approximate surface area is 125 Å². The van der Waals surface area contributed by atoms with Gasteiger partial charge in [-0.05, 0) is 30.7 Å². The Morgan fingerprint density at radius 2 is 2.20 bits per heavy atom. The SMILES string of the molecule is CCCOc1ccc(NC(=O)C2CNCCO2)cc1.Cl. The minimum Gasteiger partial charge on any atom is -0.494 e. The zero-order valence-corrected chi connectivity index (χ0v) is 12.4. The topological polar surface area (TPSA) is 59.6 Å². The Morgan fingerprint density at radius 1 is 1.45 bits per heavy atom. The predicted molar refractivity (Wildman–Crippen MR) is 80.7 cm³/mol. The molecule has 0 saturated carbocycles. The number of amides is 1. The van der Waals surface area contributed by atoms with Gasteiger partial charge in [-0.1, -0.05) is 6.92 Å². The van der Waals surface area contributed by atoms with Crippen LogP contribution in [-0.4, -0.2) is 38.3 Å². The standard InChI is InChI=1S/C14H20N2O3.ClH/c1-2-8-18-12-5-3-11(4-6-12)16-14(17)13-10-15-7-9-19-13;/h3-6,13,15H,2,7-10H2,1H3,(H,16,17);1H. The molecule has 1 aromatic rings. The van der Waals surface area contributed by atoms with Gasteiger partial charge in [-0.15, -0.1) is 12.4 Å². The number of halogens is 1. The number of hydrogen-bond donors (Lipinski definition) is 2. The molecule has 1 heterocycles. The lowest BCUT2D eigenvalue weighted by Gasteiger charge is -2.22. The summed E-state index contributed by atoms with van der Waals surface area (Å²) in [5.74, 6) is 0.699. The van der Waals surface area contributed by atoms with Gasteiger partial charge in [0, 0.05) is 18.8 Å². The van der Waals surface area contributed by atoms with Crippen molar-refractivity contribution < 1.29 is 14.3 Å². The maximum Gasteiger partial charge on any atom is 0.254 e. The van der Waals surface area contributed by atoms with Crippen molar-refractivity contribution >= 4 is 24.0 Å². The number of morpholine rings is 1. The second-order valence-corrected chi connectivity index (χ2v) is 4.43. The zero-order valence-electron chi connectivity index (χ0n) is 11.6. The van der Waals surface area contributed by atoms with Crippen molar-refractivity contribution in [1.82, 2.24) is 5.32 Å². The second kappa shape index (κ2) is 8.79. The number of carbonyl (C=O) groups is 1. The van der Waals surface area contributed by atoms with Gasteiger partial charge >= 0.3 is 0 Å². The van der Waals surface area contributed by atoms with Crippen molar-refractivity contribution in [3.63, 3.8) is 0 Å².